The van der Waals surface area contributed by atoms with E-state index in [1.807, 2.05) is 19.1 Å². The van der Waals surface area contributed by atoms with Crippen molar-refractivity contribution in [2.75, 3.05) is 7.11 Å². The van der Waals surface area contributed by atoms with Crippen LogP contribution in [0, 0.1) is 24.2 Å². The number of aryl methyl sites for hydroxylation is 1. The summed E-state index contributed by atoms with van der Waals surface area (Å²) in [6, 6.07) is 8.58. The molecule has 5 nitrogen and oxygen atoms in total. The van der Waals surface area contributed by atoms with Crippen molar-refractivity contribution >= 4 is 17.2 Å². The molecule has 6 heteroatoms. The van der Waals surface area contributed by atoms with Gasteiger partial charge in [-0.3, -0.25) is 4.79 Å². The smallest absolute Gasteiger partial charge is 0.264 e. The molecule has 124 valence electrons. The lowest BCUT2D eigenvalue weighted by atomic mass is 10.1. The minimum Gasteiger partial charge on any atom is -0.496 e. The summed E-state index contributed by atoms with van der Waals surface area (Å²) in [5, 5.41) is 13.3. The third-order valence-corrected chi connectivity index (χ3v) is 5.24. The summed E-state index contributed by atoms with van der Waals surface area (Å²) < 4.78 is 5.28. The Bertz CT molecular complexity index is 790. The number of para-hydroxylation sites is 1. The molecule has 1 aromatic carbocycles. The number of nitrogens with one attached hydrogen (secondary N) is 1. The highest BCUT2D eigenvalue weighted by molar-refractivity contribution is 7.13. The molecule has 1 aliphatic carbocycles. The number of methoxy groups -OCH3 is 1. The molecule has 0 bridgehead atoms. The molecule has 1 unspecified atom stereocenters. The van der Waals surface area contributed by atoms with E-state index < -0.39 is 6.04 Å². The lowest BCUT2D eigenvalue weighted by molar-refractivity contribution is 0.0948. The van der Waals surface area contributed by atoms with E-state index in [1.165, 1.54) is 24.2 Å². The number of hydrogen-bond donors (Lipinski definition) is 1. The van der Waals surface area contributed by atoms with Crippen LogP contribution in [0.1, 0.15) is 44.8 Å². The molecule has 1 N–H and O–H groups in total. The van der Waals surface area contributed by atoms with Crippen LogP contribution in [0.3, 0.4) is 0 Å². The van der Waals surface area contributed by atoms with Crippen LogP contribution in [0.5, 0.6) is 5.75 Å². The van der Waals surface area contributed by atoms with Crippen LogP contribution in [0.25, 0.3) is 0 Å². The van der Waals surface area contributed by atoms with E-state index in [1.54, 1.807) is 19.2 Å². The van der Waals surface area contributed by atoms with Crippen LogP contribution >= 0.6 is 11.3 Å². The van der Waals surface area contributed by atoms with Crippen LogP contribution in [0.4, 0.5) is 0 Å². The summed E-state index contributed by atoms with van der Waals surface area (Å²) in [5.41, 5.74) is 1.38. The second-order valence-electron chi connectivity index (χ2n) is 5.95. The molecular formula is C18H19N3O2S. The number of ether oxygens (including phenoxy) is 1. The summed E-state index contributed by atoms with van der Waals surface area (Å²) in [6.45, 7) is 1.84. The fourth-order valence-electron chi connectivity index (χ4n) is 2.60. The highest BCUT2D eigenvalue weighted by atomic mass is 32.1. The third kappa shape index (κ3) is 3.57. The fraction of sp³-hybridized carbons (Fsp3) is 0.389. The van der Waals surface area contributed by atoms with Crippen molar-refractivity contribution in [3.63, 3.8) is 0 Å². The Hall–Kier alpha value is -2.39. The first-order valence-corrected chi connectivity index (χ1v) is 8.73. The number of carbonyl (C=O) groups excluding carboxylic acids is 1. The van der Waals surface area contributed by atoms with Crippen molar-refractivity contribution in [1.29, 1.82) is 5.26 Å². The van der Waals surface area contributed by atoms with Gasteiger partial charge in [-0.05, 0) is 31.7 Å². The number of carbonyl (C=O) groups is 1. The number of thiazole rings is 1. The normalized spacial score (nSPS) is 14.7. The quantitative estimate of drug-likeness (QED) is 0.874. The van der Waals surface area contributed by atoms with Crippen LogP contribution in [0.15, 0.2) is 24.3 Å². The van der Waals surface area contributed by atoms with Crippen molar-refractivity contribution in [3.05, 3.63) is 45.4 Å². The maximum Gasteiger partial charge on any atom is 0.264 e. The van der Waals surface area contributed by atoms with Gasteiger partial charge in [-0.15, -0.1) is 11.3 Å². The minimum absolute atomic E-state index is 0.260. The van der Waals surface area contributed by atoms with E-state index in [4.69, 9.17) is 4.74 Å². The standard InChI is InChI=1S/C18H19N3O2S/c1-11-17(24-16(20-11)9-12-7-8-12)18(22)21-14(10-19)13-5-3-4-6-15(13)23-2/h3-6,12,14H,7-9H2,1-2H3,(H,21,22). The average molecular weight is 341 g/mol. The molecule has 1 aromatic heterocycles. The monoisotopic (exact) mass is 341 g/mol. The molecule has 3 rings (SSSR count). The maximum absolute atomic E-state index is 12.6. The van der Waals surface area contributed by atoms with E-state index in [9.17, 15) is 10.1 Å². The maximum atomic E-state index is 12.6. The Labute approximate surface area is 145 Å². The van der Waals surface area contributed by atoms with Crippen molar-refractivity contribution in [2.45, 2.75) is 32.2 Å². The summed E-state index contributed by atoms with van der Waals surface area (Å²) in [7, 11) is 1.55. The highest BCUT2D eigenvalue weighted by Crippen LogP contribution is 2.34. The van der Waals surface area contributed by atoms with Gasteiger partial charge in [0, 0.05) is 12.0 Å². The minimum atomic E-state index is -0.762. The van der Waals surface area contributed by atoms with Crippen molar-refractivity contribution in [2.24, 2.45) is 5.92 Å². The lowest BCUT2D eigenvalue weighted by Crippen LogP contribution is -2.27. The van der Waals surface area contributed by atoms with E-state index in [2.05, 4.69) is 16.4 Å². The predicted molar refractivity (Wildman–Crippen MR) is 92.1 cm³/mol. The first-order chi connectivity index (χ1) is 11.6. The number of nitriles is 1. The number of hydrogen-bond acceptors (Lipinski definition) is 5. The van der Waals surface area contributed by atoms with Gasteiger partial charge >= 0.3 is 0 Å². The van der Waals surface area contributed by atoms with E-state index >= 15 is 0 Å². The van der Waals surface area contributed by atoms with Gasteiger partial charge in [-0.2, -0.15) is 5.26 Å². The first kappa shape index (κ1) is 16.5. The predicted octanol–water partition coefficient (Wildman–Crippen LogP) is 3.41. The van der Waals surface area contributed by atoms with Crippen LogP contribution < -0.4 is 10.1 Å². The van der Waals surface area contributed by atoms with Gasteiger partial charge in [0.05, 0.1) is 23.9 Å². The zero-order valence-electron chi connectivity index (χ0n) is 13.7. The Morgan fingerprint density at radius 2 is 2.25 bits per heavy atom. The molecule has 1 amide bonds. The van der Waals surface area contributed by atoms with Crippen LogP contribution in [-0.2, 0) is 6.42 Å². The van der Waals surface area contributed by atoms with Gasteiger partial charge in [0.15, 0.2) is 0 Å². The second-order valence-corrected chi connectivity index (χ2v) is 7.03. The molecule has 0 spiro atoms. The van der Waals surface area contributed by atoms with Crippen molar-refractivity contribution < 1.29 is 9.53 Å². The van der Waals surface area contributed by atoms with Crippen LogP contribution in [0.2, 0.25) is 0 Å². The van der Waals surface area contributed by atoms with Gasteiger partial charge in [0.1, 0.15) is 16.7 Å². The summed E-state index contributed by atoms with van der Waals surface area (Å²) in [5.74, 6) is 1.05. The van der Waals surface area contributed by atoms with E-state index in [0.29, 0.717) is 16.2 Å². The average Bonchev–Trinajstić information content (AvgIpc) is 3.33. The van der Waals surface area contributed by atoms with Gasteiger partial charge in [-0.1, -0.05) is 18.2 Å². The molecule has 24 heavy (non-hydrogen) atoms. The molecule has 0 aliphatic heterocycles. The van der Waals surface area contributed by atoms with E-state index in [-0.39, 0.29) is 5.91 Å². The van der Waals surface area contributed by atoms with Gasteiger partial charge < -0.3 is 10.1 Å². The lowest BCUT2D eigenvalue weighted by Gasteiger charge is -2.14. The number of rotatable bonds is 6. The molecule has 1 saturated carbocycles. The van der Waals surface area contributed by atoms with E-state index in [0.717, 1.165) is 23.0 Å². The zero-order chi connectivity index (χ0) is 17.1. The molecule has 1 aliphatic rings. The molecular weight excluding hydrogens is 322 g/mol. The second kappa shape index (κ2) is 7.02. The Morgan fingerprint density at radius 1 is 1.50 bits per heavy atom. The van der Waals surface area contributed by atoms with Crippen molar-refractivity contribution in [1.82, 2.24) is 10.3 Å². The zero-order valence-corrected chi connectivity index (χ0v) is 14.5. The Kier molecular flexibility index (Phi) is 4.81. The number of benzene rings is 1. The Balaban J connectivity index is 1.77. The number of nitrogens with zero attached hydrogens (tertiary/aromatic N) is 2. The summed E-state index contributed by atoms with van der Waals surface area (Å²) in [6.07, 6.45) is 3.46. The molecule has 1 fully saturated rings. The SMILES string of the molecule is COc1ccccc1C(C#N)NC(=O)c1sc(CC2CC2)nc1C. The molecule has 0 saturated heterocycles. The van der Waals surface area contributed by atoms with Gasteiger partial charge in [-0.25, -0.2) is 4.98 Å². The largest absolute Gasteiger partial charge is 0.496 e. The molecule has 2 aromatic rings. The van der Waals surface area contributed by atoms with Crippen LogP contribution in [-0.4, -0.2) is 18.0 Å². The highest BCUT2D eigenvalue weighted by Gasteiger charge is 2.26. The summed E-state index contributed by atoms with van der Waals surface area (Å²) in [4.78, 5) is 17.7. The number of aromatic nitrogens is 1. The summed E-state index contributed by atoms with van der Waals surface area (Å²) >= 11 is 1.43. The van der Waals surface area contributed by atoms with Gasteiger partial charge in [0.2, 0.25) is 0 Å². The molecule has 1 heterocycles. The first-order valence-electron chi connectivity index (χ1n) is 7.92. The molecule has 0 radical (unpaired) electrons. The number of amides is 1. The topological polar surface area (TPSA) is 75.0 Å². The Morgan fingerprint density at radius 3 is 2.92 bits per heavy atom. The fourth-order valence-corrected chi connectivity index (χ4v) is 3.68. The molecule has 1 atom stereocenters. The van der Waals surface area contributed by atoms with Crippen molar-refractivity contribution in [3.8, 4) is 11.8 Å². The third-order valence-electron chi connectivity index (χ3n) is 4.06. The van der Waals surface area contributed by atoms with Gasteiger partial charge in [0.25, 0.3) is 5.91 Å².